The average Bonchev–Trinajstić information content (AvgIpc) is 2.45. The fraction of sp³-hybridized carbons (Fsp3) is 0.857. The second kappa shape index (κ2) is 9.13. The number of amides is 2. The lowest BCUT2D eigenvalue weighted by molar-refractivity contribution is 0.125. The number of hydrogen-bond donors (Lipinski definition) is 2. The highest BCUT2D eigenvalue weighted by Gasteiger charge is 2.26. The van der Waals surface area contributed by atoms with Gasteiger partial charge in [0.25, 0.3) is 0 Å². The molecule has 2 amide bonds. The van der Waals surface area contributed by atoms with Crippen molar-refractivity contribution in [3.05, 3.63) is 0 Å². The Labute approximate surface area is 127 Å². The Balaban J connectivity index is 2.38. The standard InChI is InChI=1S/C14H28N4OS/c1-3-5-7-16-14(19)18-10-8-17(9-11-18)12(6-4-2)13(15)20/h12H,3-11H2,1-2H3,(H2,15,20)(H,16,19). The molecule has 1 aliphatic heterocycles. The first-order valence-electron chi connectivity index (χ1n) is 7.66. The second-order valence-electron chi connectivity index (χ2n) is 5.32. The van der Waals surface area contributed by atoms with Gasteiger partial charge >= 0.3 is 6.03 Å². The highest BCUT2D eigenvalue weighted by atomic mass is 32.1. The van der Waals surface area contributed by atoms with Crippen LogP contribution in [0.2, 0.25) is 0 Å². The lowest BCUT2D eigenvalue weighted by Gasteiger charge is -2.38. The number of nitrogens with two attached hydrogens (primary N) is 1. The molecule has 0 bridgehead atoms. The minimum Gasteiger partial charge on any atom is -0.392 e. The van der Waals surface area contributed by atoms with Crippen molar-refractivity contribution in [3.63, 3.8) is 0 Å². The predicted octanol–water partition coefficient (Wildman–Crippen LogP) is 1.57. The molecule has 1 rings (SSSR count). The largest absolute Gasteiger partial charge is 0.392 e. The number of rotatable bonds is 7. The van der Waals surface area contributed by atoms with Crippen LogP contribution in [0.15, 0.2) is 0 Å². The van der Waals surface area contributed by atoms with E-state index in [1.54, 1.807) is 0 Å². The van der Waals surface area contributed by atoms with Gasteiger partial charge in [-0.3, -0.25) is 4.90 Å². The van der Waals surface area contributed by atoms with E-state index in [0.717, 1.165) is 58.4 Å². The molecule has 0 saturated carbocycles. The summed E-state index contributed by atoms with van der Waals surface area (Å²) in [6, 6.07) is 0.237. The maximum Gasteiger partial charge on any atom is 0.317 e. The van der Waals surface area contributed by atoms with Gasteiger partial charge in [-0.25, -0.2) is 4.79 Å². The average molecular weight is 300 g/mol. The molecule has 6 heteroatoms. The second-order valence-corrected chi connectivity index (χ2v) is 5.79. The topological polar surface area (TPSA) is 61.6 Å². The van der Waals surface area contributed by atoms with Crippen LogP contribution in [0.3, 0.4) is 0 Å². The summed E-state index contributed by atoms with van der Waals surface area (Å²) in [5, 5.41) is 2.96. The van der Waals surface area contributed by atoms with Crippen LogP contribution in [0, 0.1) is 0 Å². The number of nitrogens with one attached hydrogen (secondary N) is 1. The fourth-order valence-electron chi connectivity index (χ4n) is 2.50. The van der Waals surface area contributed by atoms with E-state index in [9.17, 15) is 4.79 Å². The van der Waals surface area contributed by atoms with Gasteiger partial charge in [-0.15, -0.1) is 0 Å². The molecule has 1 saturated heterocycles. The van der Waals surface area contributed by atoms with Crippen molar-refractivity contribution in [2.24, 2.45) is 5.73 Å². The van der Waals surface area contributed by atoms with E-state index in [-0.39, 0.29) is 12.1 Å². The zero-order chi connectivity index (χ0) is 15.0. The number of hydrogen-bond acceptors (Lipinski definition) is 3. The van der Waals surface area contributed by atoms with Gasteiger partial charge in [0, 0.05) is 32.7 Å². The molecule has 0 aliphatic carbocycles. The van der Waals surface area contributed by atoms with Crippen LogP contribution in [0.25, 0.3) is 0 Å². The van der Waals surface area contributed by atoms with E-state index >= 15 is 0 Å². The molecule has 1 unspecified atom stereocenters. The first kappa shape index (κ1) is 17.2. The number of piperazine rings is 1. The molecule has 1 atom stereocenters. The number of carbonyl (C=O) groups is 1. The molecule has 5 nitrogen and oxygen atoms in total. The Morgan fingerprint density at radius 1 is 1.25 bits per heavy atom. The third kappa shape index (κ3) is 5.25. The summed E-state index contributed by atoms with van der Waals surface area (Å²) >= 11 is 5.16. The van der Waals surface area contributed by atoms with Crippen molar-refractivity contribution in [1.82, 2.24) is 15.1 Å². The molecule has 1 fully saturated rings. The predicted molar refractivity (Wildman–Crippen MR) is 86.9 cm³/mol. The van der Waals surface area contributed by atoms with Gasteiger partial charge in [0.05, 0.1) is 11.0 Å². The molecule has 1 heterocycles. The summed E-state index contributed by atoms with van der Waals surface area (Å²) in [5.41, 5.74) is 5.83. The molecule has 3 N–H and O–H groups in total. The van der Waals surface area contributed by atoms with Crippen molar-refractivity contribution >= 4 is 23.2 Å². The fourth-order valence-corrected chi connectivity index (χ4v) is 2.77. The zero-order valence-electron chi connectivity index (χ0n) is 12.7. The van der Waals surface area contributed by atoms with E-state index in [0.29, 0.717) is 4.99 Å². The summed E-state index contributed by atoms with van der Waals surface area (Å²) < 4.78 is 0. The highest BCUT2D eigenvalue weighted by molar-refractivity contribution is 7.80. The Kier molecular flexibility index (Phi) is 7.84. The van der Waals surface area contributed by atoms with E-state index in [2.05, 4.69) is 24.1 Å². The van der Waals surface area contributed by atoms with Gasteiger partial charge in [-0.1, -0.05) is 38.9 Å². The van der Waals surface area contributed by atoms with Crippen molar-refractivity contribution in [3.8, 4) is 0 Å². The van der Waals surface area contributed by atoms with Gasteiger partial charge in [-0.05, 0) is 12.8 Å². The number of unbranched alkanes of at least 4 members (excludes halogenated alkanes) is 1. The molecule has 0 aromatic carbocycles. The highest BCUT2D eigenvalue weighted by Crippen LogP contribution is 2.11. The quantitative estimate of drug-likeness (QED) is 0.553. The summed E-state index contributed by atoms with van der Waals surface area (Å²) in [7, 11) is 0. The van der Waals surface area contributed by atoms with Gasteiger partial charge in [-0.2, -0.15) is 0 Å². The number of carbonyl (C=O) groups excluding carboxylic acids is 1. The molecule has 0 aromatic rings. The van der Waals surface area contributed by atoms with E-state index in [4.69, 9.17) is 18.0 Å². The minimum atomic E-state index is 0.0560. The molecular formula is C14H28N4OS. The molecular weight excluding hydrogens is 272 g/mol. The first-order chi connectivity index (χ1) is 9.60. The monoisotopic (exact) mass is 300 g/mol. The Hall–Kier alpha value is -0.880. The van der Waals surface area contributed by atoms with Gasteiger partial charge < -0.3 is 16.0 Å². The summed E-state index contributed by atoms with van der Waals surface area (Å²) in [5.74, 6) is 0. The van der Waals surface area contributed by atoms with Crippen molar-refractivity contribution in [2.75, 3.05) is 32.7 Å². The number of urea groups is 1. The Morgan fingerprint density at radius 3 is 2.40 bits per heavy atom. The SMILES string of the molecule is CCCCNC(=O)N1CCN(C(CCC)C(N)=S)CC1. The Morgan fingerprint density at radius 2 is 1.90 bits per heavy atom. The van der Waals surface area contributed by atoms with Crippen LogP contribution >= 0.6 is 12.2 Å². The number of nitrogens with zero attached hydrogens (tertiary/aromatic N) is 2. The lowest BCUT2D eigenvalue weighted by Crippen LogP contribution is -2.56. The van der Waals surface area contributed by atoms with Gasteiger partial charge in [0.1, 0.15) is 0 Å². The first-order valence-corrected chi connectivity index (χ1v) is 8.07. The lowest BCUT2D eigenvalue weighted by atomic mass is 10.1. The third-order valence-electron chi connectivity index (χ3n) is 3.74. The third-order valence-corrected chi connectivity index (χ3v) is 4.01. The molecule has 1 aliphatic rings. The maximum absolute atomic E-state index is 12.0. The molecule has 0 aromatic heterocycles. The smallest absolute Gasteiger partial charge is 0.317 e. The molecule has 20 heavy (non-hydrogen) atoms. The van der Waals surface area contributed by atoms with Crippen LogP contribution in [-0.2, 0) is 0 Å². The molecule has 0 spiro atoms. The van der Waals surface area contributed by atoms with E-state index < -0.39 is 0 Å². The normalized spacial score (nSPS) is 17.8. The van der Waals surface area contributed by atoms with Crippen molar-refractivity contribution in [2.45, 2.75) is 45.6 Å². The van der Waals surface area contributed by atoms with E-state index in [1.807, 2.05) is 4.90 Å². The molecule has 116 valence electrons. The molecule has 0 radical (unpaired) electrons. The van der Waals surface area contributed by atoms with Crippen LogP contribution < -0.4 is 11.1 Å². The minimum absolute atomic E-state index is 0.0560. The van der Waals surface area contributed by atoms with Gasteiger partial charge in [0.15, 0.2) is 0 Å². The van der Waals surface area contributed by atoms with Crippen LogP contribution in [0.1, 0.15) is 39.5 Å². The van der Waals surface area contributed by atoms with Gasteiger partial charge in [0.2, 0.25) is 0 Å². The zero-order valence-corrected chi connectivity index (χ0v) is 13.5. The van der Waals surface area contributed by atoms with Crippen molar-refractivity contribution in [1.29, 1.82) is 0 Å². The van der Waals surface area contributed by atoms with Crippen molar-refractivity contribution < 1.29 is 4.79 Å². The van der Waals surface area contributed by atoms with Crippen LogP contribution in [0.4, 0.5) is 4.79 Å². The van der Waals surface area contributed by atoms with E-state index in [1.165, 1.54) is 0 Å². The van der Waals surface area contributed by atoms with Crippen LogP contribution in [-0.4, -0.2) is 59.6 Å². The number of thiocarbonyl (C=S) groups is 1. The summed E-state index contributed by atoms with van der Waals surface area (Å²) in [4.78, 5) is 16.7. The summed E-state index contributed by atoms with van der Waals surface area (Å²) in [6.45, 7) is 8.23. The Bertz CT molecular complexity index is 316. The maximum atomic E-state index is 12.0. The van der Waals surface area contributed by atoms with Crippen LogP contribution in [0.5, 0.6) is 0 Å². The summed E-state index contributed by atoms with van der Waals surface area (Å²) in [6.07, 6.45) is 4.20.